The highest BCUT2D eigenvalue weighted by Crippen LogP contribution is 2.24. The summed E-state index contributed by atoms with van der Waals surface area (Å²) >= 11 is 3.41. The molecular formula is C20H23BrN2O3. The number of amides is 2. The maximum atomic E-state index is 12.9. The summed E-state index contributed by atoms with van der Waals surface area (Å²) in [7, 11) is 1.55. The zero-order chi connectivity index (χ0) is 19.1. The van der Waals surface area contributed by atoms with Gasteiger partial charge in [0.2, 0.25) is 5.91 Å². The van der Waals surface area contributed by atoms with Crippen LogP contribution in [0.4, 0.5) is 5.69 Å². The average Bonchev–Trinajstić information content (AvgIpc) is 2.63. The largest absolute Gasteiger partial charge is 0.497 e. The average molecular weight is 419 g/mol. The lowest BCUT2D eigenvalue weighted by atomic mass is 10.1. The fraction of sp³-hybridized carbons (Fsp3) is 0.300. The summed E-state index contributed by atoms with van der Waals surface area (Å²) in [6, 6.07) is 12.8. The van der Waals surface area contributed by atoms with Crippen molar-refractivity contribution in [1.82, 2.24) is 4.90 Å². The molecule has 2 aromatic rings. The maximum Gasteiger partial charge on any atom is 0.255 e. The number of rotatable bonds is 7. The van der Waals surface area contributed by atoms with Crippen LogP contribution in [0.3, 0.4) is 0 Å². The van der Waals surface area contributed by atoms with Gasteiger partial charge in [0.1, 0.15) is 12.3 Å². The monoisotopic (exact) mass is 418 g/mol. The Hall–Kier alpha value is -2.34. The van der Waals surface area contributed by atoms with E-state index in [4.69, 9.17) is 4.74 Å². The molecule has 5 nitrogen and oxygen atoms in total. The molecule has 0 fully saturated rings. The summed E-state index contributed by atoms with van der Waals surface area (Å²) in [6.45, 7) is 4.38. The van der Waals surface area contributed by atoms with Crippen LogP contribution in [0.25, 0.3) is 0 Å². The number of halogens is 1. The van der Waals surface area contributed by atoms with Gasteiger partial charge >= 0.3 is 0 Å². The van der Waals surface area contributed by atoms with Crippen molar-refractivity contribution in [3.8, 4) is 5.75 Å². The van der Waals surface area contributed by atoms with Crippen LogP contribution in [0.15, 0.2) is 46.9 Å². The molecule has 0 bridgehead atoms. The van der Waals surface area contributed by atoms with Crippen LogP contribution in [-0.2, 0) is 4.79 Å². The lowest BCUT2D eigenvalue weighted by Gasteiger charge is -2.22. The summed E-state index contributed by atoms with van der Waals surface area (Å²) in [4.78, 5) is 26.9. The van der Waals surface area contributed by atoms with Gasteiger partial charge in [-0.05, 0) is 59.1 Å². The summed E-state index contributed by atoms with van der Waals surface area (Å²) in [5, 5.41) is 2.87. The Kier molecular flexibility index (Phi) is 7.21. The number of benzene rings is 2. The second kappa shape index (κ2) is 9.38. The number of aryl methyl sites for hydroxylation is 1. The van der Waals surface area contributed by atoms with E-state index in [1.54, 1.807) is 30.2 Å². The molecule has 0 saturated carbocycles. The van der Waals surface area contributed by atoms with E-state index in [1.807, 2.05) is 38.1 Å². The summed E-state index contributed by atoms with van der Waals surface area (Å²) in [6.07, 6.45) is 0.755. The second-order valence-electron chi connectivity index (χ2n) is 5.94. The predicted octanol–water partition coefficient (Wildman–Crippen LogP) is 4.26. The van der Waals surface area contributed by atoms with Gasteiger partial charge in [-0.3, -0.25) is 9.59 Å². The molecule has 2 amide bonds. The van der Waals surface area contributed by atoms with Crippen LogP contribution in [0.2, 0.25) is 0 Å². The molecule has 0 unspecified atom stereocenters. The maximum absolute atomic E-state index is 12.9. The Morgan fingerprint density at radius 1 is 1.19 bits per heavy atom. The summed E-state index contributed by atoms with van der Waals surface area (Å²) in [5.41, 5.74) is 2.20. The minimum atomic E-state index is -0.222. The minimum absolute atomic E-state index is 0.00927. The quantitative estimate of drug-likeness (QED) is 0.730. The van der Waals surface area contributed by atoms with Crippen molar-refractivity contribution < 1.29 is 14.3 Å². The number of hydrogen-bond donors (Lipinski definition) is 1. The van der Waals surface area contributed by atoms with Gasteiger partial charge in [0.25, 0.3) is 5.91 Å². The number of para-hydroxylation sites is 1. The van der Waals surface area contributed by atoms with Gasteiger partial charge in [-0.25, -0.2) is 0 Å². The molecule has 2 aromatic carbocycles. The number of carbonyl (C=O) groups is 2. The fourth-order valence-corrected chi connectivity index (χ4v) is 2.98. The second-order valence-corrected chi connectivity index (χ2v) is 6.79. The number of methoxy groups -OCH3 is 1. The van der Waals surface area contributed by atoms with Gasteiger partial charge in [0.05, 0.1) is 12.7 Å². The molecule has 26 heavy (non-hydrogen) atoms. The number of nitrogens with zero attached hydrogens (tertiary/aromatic N) is 1. The standard InChI is InChI=1S/C20H23BrN2O3/c1-4-11-23(13-19(24)22-18-8-6-5-7-14(18)2)20(25)16-12-15(26-3)9-10-17(16)21/h5-10,12H,4,11,13H2,1-3H3,(H,22,24). The third-order valence-corrected chi connectivity index (χ3v) is 4.63. The van der Waals surface area contributed by atoms with E-state index in [-0.39, 0.29) is 18.4 Å². The summed E-state index contributed by atoms with van der Waals surface area (Å²) < 4.78 is 5.87. The fourth-order valence-electron chi connectivity index (χ4n) is 2.56. The molecular weight excluding hydrogens is 396 g/mol. The van der Waals surface area contributed by atoms with Crippen molar-refractivity contribution in [2.75, 3.05) is 25.5 Å². The van der Waals surface area contributed by atoms with Crippen LogP contribution in [0, 0.1) is 6.92 Å². The topological polar surface area (TPSA) is 58.6 Å². The normalized spacial score (nSPS) is 10.3. The van der Waals surface area contributed by atoms with Crippen molar-refractivity contribution >= 4 is 33.4 Å². The van der Waals surface area contributed by atoms with Crippen LogP contribution < -0.4 is 10.1 Å². The minimum Gasteiger partial charge on any atom is -0.497 e. The Morgan fingerprint density at radius 3 is 2.58 bits per heavy atom. The van der Waals surface area contributed by atoms with Crippen molar-refractivity contribution in [1.29, 1.82) is 0 Å². The first-order valence-corrected chi connectivity index (χ1v) is 9.23. The predicted molar refractivity (Wildman–Crippen MR) is 107 cm³/mol. The van der Waals surface area contributed by atoms with Crippen LogP contribution in [0.1, 0.15) is 29.3 Å². The molecule has 0 radical (unpaired) electrons. The number of hydrogen-bond acceptors (Lipinski definition) is 3. The van der Waals surface area contributed by atoms with Crippen molar-refractivity contribution in [2.24, 2.45) is 0 Å². The molecule has 1 N–H and O–H groups in total. The van der Waals surface area contributed by atoms with Crippen LogP contribution >= 0.6 is 15.9 Å². The third kappa shape index (κ3) is 5.08. The molecule has 0 aliphatic rings. The number of ether oxygens (including phenoxy) is 1. The Labute approximate surface area is 162 Å². The zero-order valence-electron chi connectivity index (χ0n) is 15.2. The van der Waals surface area contributed by atoms with E-state index in [2.05, 4.69) is 21.2 Å². The summed E-state index contributed by atoms with van der Waals surface area (Å²) in [5.74, 6) is 0.162. The van der Waals surface area contributed by atoms with Crippen molar-refractivity contribution in [3.05, 3.63) is 58.1 Å². The van der Waals surface area contributed by atoms with Gasteiger partial charge in [0, 0.05) is 16.7 Å². The SMILES string of the molecule is CCCN(CC(=O)Nc1ccccc1C)C(=O)c1cc(OC)ccc1Br. The van der Waals surface area contributed by atoms with Gasteiger partial charge in [-0.2, -0.15) is 0 Å². The van der Waals surface area contributed by atoms with Crippen molar-refractivity contribution in [3.63, 3.8) is 0 Å². The Balaban J connectivity index is 2.16. The number of nitrogens with one attached hydrogen (secondary N) is 1. The third-order valence-electron chi connectivity index (χ3n) is 3.94. The Bertz CT molecular complexity index is 792. The number of carbonyl (C=O) groups excluding carboxylic acids is 2. The van der Waals surface area contributed by atoms with E-state index >= 15 is 0 Å². The first-order chi connectivity index (χ1) is 12.5. The van der Waals surface area contributed by atoms with Crippen LogP contribution in [-0.4, -0.2) is 36.9 Å². The molecule has 6 heteroatoms. The van der Waals surface area contributed by atoms with E-state index in [9.17, 15) is 9.59 Å². The van der Waals surface area contributed by atoms with E-state index in [0.29, 0.717) is 22.3 Å². The van der Waals surface area contributed by atoms with Crippen molar-refractivity contribution in [2.45, 2.75) is 20.3 Å². The molecule has 0 heterocycles. The van der Waals surface area contributed by atoms with Gasteiger partial charge in [-0.1, -0.05) is 25.1 Å². The van der Waals surface area contributed by atoms with Gasteiger partial charge < -0.3 is 15.0 Å². The highest BCUT2D eigenvalue weighted by molar-refractivity contribution is 9.10. The zero-order valence-corrected chi connectivity index (χ0v) is 16.8. The van der Waals surface area contributed by atoms with E-state index < -0.39 is 0 Å². The first kappa shape index (κ1) is 20.0. The lowest BCUT2D eigenvalue weighted by Crippen LogP contribution is -2.38. The molecule has 0 aliphatic heterocycles. The molecule has 0 saturated heterocycles. The molecule has 0 spiro atoms. The van der Waals surface area contributed by atoms with Gasteiger partial charge in [0.15, 0.2) is 0 Å². The van der Waals surface area contributed by atoms with E-state index in [1.165, 1.54) is 0 Å². The molecule has 0 aliphatic carbocycles. The molecule has 0 aromatic heterocycles. The molecule has 0 atom stereocenters. The van der Waals surface area contributed by atoms with Gasteiger partial charge in [-0.15, -0.1) is 0 Å². The van der Waals surface area contributed by atoms with Crippen LogP contribution in [0.5, 0.6) is 5.75 Å². The molecule has 2 rings (SSSR count). The highest BCUT2D eigenvalue weighted by atomic mass is 79.9. The number of anilines is 1. The smallest absolute Gasteiger partial charge is 0.255 e. The lowest BCUT2D eigenvalue weighted by molar-refractivity contribution is -0.116. The Morgan fingerprint density at radius 2 is 1.92 bits per heavy atom. The first-order valence-electron chi connectivity index (χ1n) is 8.44. The highest BCUT2D eigenvalue weighted by Gasteiger charge is 2.21. The molecule has 138 valence electrons. The van der Waals surface area contributed by atoms with E-state index in [0.717, 1.165) is 17.7 Å².